The number of nitrogens with two attached hydrogens (primary N) is 1. The Balaban J connectivity index is 1.51. The van der Waals surface area contributed by atoms with Crippen molar-refractivity contribution in [2.75, 3.05) is 6.54 Å². The molecule has 2 unspecified atom stereocenters. The van der Waals surface area contributed by atoms with Gasteiger partial charge in [-0.25, -0.2) is 0 Å². The van der Waals surface area contributed by atoms with Crippen LogP contribution in [0.15, 0.2) is 54.6 Å². The Labute approximate surface area is 131 Å². The van der Waals surface area contributed by atoms with Gasteiger partial charge in [0, 0.05) is 24.2 Å². The summed E-state index contributed by atoms with van der Waals surface area (Å²) in [4.78, 5) is 13.6. The van der Waals surface area contributed by atoms with Gasteiger partial charge in [-0.2, -0.15) is 0 Å². The Morgan fingerprint density at radius 1 is 1.18 bits per heavy atom. The number of aryl methyl sites for hydroxylation is 1. The summed E-state index contributed by atoms with van der Waals surface area (Å²) >= 11 is 0. The molecule has 1 fully saturated rings. The van der Waals surface area contributed by atoms with Crippen molar-refractivity contribution in [2.45, 2.75) is 31.8 Å². The van der Waals surface area contributed by atoms with Crippen molar-refractivity contribution in [1.29, 1.82) is 0 Å². The summed E-state index contributed by atoms with van der Waals surface area (Å²) in [5.74, 6) is -0.366. The lowest BCUT2D eigenvalue weighted by Gasteiger charge is -2.14. The molecule has 0 aliphatic carbocycles. The van der Waals surface area contributed by atoms with Gasteiger partial charge >= 0.3 is 0 Å². The van der Waals surface area contributed by atoms with E-state index in [1.807, 2.05) is 24.3 Å². The summed E-state index contributed by atoms with van der Waals surface area (Å²) in [6, 6.07) is 19.5. The molecule has 0 spiro atoms. The number of nitrogens with zero attached hydrogens (tertiary/aromatic N) is 1. The first-order chi connectivity index (χ1) is 10.6. The van der Waals surface area contributed by atoms with Crippen LogP contribution in [0.2, 0.25) is 0 Å². The molecule has 2 N–H and O–H groups in total. The highest BCUT2D eigenvalue weighted by Crippen LogP contribution is 2.37. The second kappa shape index (κ2) is 6.32. The van der Waals surface area contributed by atoms with Crippen LogP contribution in [0.1, 0.15) is 40.9 Å². The van der Waals surface area contributed by atoms with Crippen LogP contribution in [0.3, 0.4) is 0 Å². The lowest BCUT2D eigenvalue weighted by Crippen LogP contribution is -2.16. The number of rotatable bonds is 6. The zero-order valence-electron chi connectivity index (χ0n) is 12.9. The average molecular weight is 294 g/mol. The number of hydrogen-bond acceptors (Lipinski definition) is 2. The molecule has 1 saturated heterocycles. The minimum atomic E-state index is -0.366. The molecule has 1 aliphatic heterocycles. The van der Waals surface area contributed by atoms with Crippen LogP contribution in [0.25, 0.3) is 0 Å². The zero-order chi connectivity index (χ0) is 15.5. The standard InChI is InChI=1S/C19H22N2O/c1-14(21-13-18(21)16-5-3-2-4-6-16)7-8-15-9-11-17(12-10-15)19(20)22/h2-6,9-12,14,18H,7-8,13H2,1H3,(H2,20,22)/t14?,18?,21-/m1/s1. The number of hydrogen-bond donors (Lipinski definition) is 1. The number of carbonyl (C=O) groups is 1. The van der Waals surface area contributed by atoms with Crippen molar-refractivity contribution >= 4 is 5.91 Å². The topological polar surface area (TPSA) is 46.1 Å². The highest BCUT2D eigenvalue weighted by molar-refractivity contribution is 5.92. The van der Waals surface area contributed by atoms with Gasteiger partial charge in [0.1, 0.15) is 0 Å². The third-order valence-electron chi connectivity index (χ3n) is 4.49. The molecule has 0 saturated carbocycles. The van der Waals surface area contributed by atoms with Crippen LogP contribution >= 0.6 is 0 Å². The van der Waals surface area contributed by atoms with Gasteiger partial charge in [-0.05, 0) is 43.0 Å². The van der Waals surface area contributed by atoms with Crippen molar-refractivity contribution in [3.63, 3.8) is 0 Å². The molecular weight excluding hydrogens is 272 g/mol. The van der Waals surface area contributed by atoms with Gasteiger partial charge in [0.05, 0.1) is 0 Å². The van der Waals surface area contributed by atoms with Gasteiger partial charge in [-0.15, -0.1) is 0 Å². The average Bonchev–Trinajstić information content (AvgIpc) is 3.34. The second-order valence-corrected chi connectivity index (χ2v) is 6.07. The van der Waals surface area contributed by atoms with E-state index in [2.05, 4.69) is 42.2 Å². The van der Waals surface area contributed by atoms with Crippen molar-refractivity contribution in [3.05, 3.63) is 71.3 Å². The molecule has 3 heteroatoms. The molecule has 1 amide bonds. The fourth-order valence-electron chi connectivity index (χ4n) is 2.99. The highest BCUT2D eigenvalue weighted by atomic mass is 16.1. The smallest absolute Gasteiger partial charge is 0.248 e. The van der Waals surface area contributed by atoms with Crippen LogP contribution in [0, 0.1) is 0 Å². The summed E-state index contributed by atoms with van der Waals surface area (Å²) in [6.07, 6.45) is 2.15. The largest absolute Gasteiger partial charge is 0.366 e. The Hall–Kier alpha value is -2.13. The Morgan fingerprint density at radius 3 is 2.50 bits per heavy atom. The van der Waals surface area contributed by atoms with Crippen LogP contribution in [0.4, 0.5) is 0 Å². The summed E-state index contributed by atoms with van der Waals surface area (Å²) < 4.78 is 0. The number of benzene rings is 2. The molecule has 0 bridgehead atoms. The van der Waals surface area contributed by atoms with E-state index in [9.17, 15) is 4.79 Å². The molecular formula is C19H22N2O. The fraction of sp³-hybridized carbons (Fsp3) is 0.316. The quantitative estimate of drug-likeness (QED) is 0.832. The minimum Gasteiger partial charge on any atom is -0.366 e. The predicted octanol–water partition coefficient (Wildman–Crippen LogP) is 3.16. The van der Waals surface area contributed by atoms with Gasteiger partial charge in [-0.3, -0.25) is 9.69 Å². The molecule has 3 nitrogen and oxygen atoms in total. The molecule has 3 rings (SSSR count). The molecule has 3 atom stereocenters. The third kappa shape index (κ3) is 3.37. The van der Waals surface area contributed by atoms with Crippen LogP contribution in [0.5, 0.6) is 0 Å². The summed E-state index contributed by atoms with van der Waals surface area (Å²) in [6.45, 7) is 3.45. The Morgan fingerprint density at radius 2 is 1.86 bits per heavy atom. The molecule has 114 valence electrons. The SMILES string of the molecule is CC(CCc1ccc(C(N)=O)cc1)[N@@]1CC1c1ccccc1. The first-order valence-electron chi connectivity index (χ1n) is 7.84. The van der Waals surface area contributed by atoms with E-state index in [-0.39, 0.29) is 5.91 Å². The summed E-state index contributed by atoms with van der Waals surface area (Å²) in [5, 5.41) is 0. The van der Waals surface area contributed by atoms with E-state index in [1.165, 1.54) is 11.1 Å². The van der Waals surface area contributed by atoms with Crippen molar-refractivity contribution in [3.8, 4) is 0 Å². The van der Waals surface area contributed by atoms with Crippen molar-refractivity contribution < 1.29 is 4.79 Å². The van der Waals surface area contributed by atoms with E-state index in [4.69, 9.17) is 5.73 Å². The van der Waals surface area contributed by atoms with Crippen LogP contribution in [-0.4, -0.2) is 23.4 Å². The Bertz CT molecular complexity index is 636. The number of amides is 1. The van der Waals surface area contributed by atoms with Gasteiger partial charge in [0.15, 0.2) is 0 Å². The number of carbonyl (C=O) groups excluding carboxylic acids is 1. The van der Waals surface area contributed by atoms with Gasteiger partial charge in [-0.1, -0.05) is 42.5 Å². The van der Waals surface area contributed by atoms with E-state index in [0.29, 0.717) is 17.6 Å². The monoisotopic (exact) mass is 294 g/mol. The maximum Gasteiger partial charge on any atom is 0.248 e. The molecule has 2 aromatic rings. The Kier molecular flexibility index (Phi) is 4.25. The summed E-state index contributed by atoms with van der Waals surface area (Å²) in [5.41, 5.74) is 8.51. The summed E-state index contributed by atoms with van der Waals surface area (Å²) in [7, 11) is 0. The zero-order valence-corrected chi connectivity index (χ0v) is 12.9. The van der Waals surface area contributed by atoms with E-state index in [1.54, 1.807) is 0 Å². The third-order valence-corrected chi connectivity index (χ3v) is 4.49. The van der Waals surface area contributed by atoms with Gasteiger partial charge < -0.3 is 5.73 Å². The van der Waals surface area contributed by atoms with Crippen molar-refractivity contribution in [1.82, 2.24) is 4.90 Å². The second-order valence-electron chi connectivity index (χ2n) is 6.07. The lowest BCUT2D eigenvalue weighted by molar-refractivity contribution is 0.100. The fourth-order valence-corrected chi connectivity index (χ4v) is 2.99. The van der Waals surface area contributed by atoms with Gasteiger partial charge in [0.2, 0.25) is 5.91 Å². The van der Waals surface area contributed by atoms with E-state index < -0.39 is 0 Å². The molecule has 2 aromatic carbocycles. The van der Waals surface area contributed by atoms with E-state index >= 15 is 0 Å². The van der Waals surface area contributed by atoms with Crippen molar-refractivity contribution in [2.24, 2.45) is 5.73 Å². The number of primary amides is 1. The lowest BCUT2D eigenvalue weighted by atomic mass is 10.0. The van der Waals surface area contributed by atoms with Crippen LogP contribution < -0.4 is 5.73 Å². The molecule has 1 heterocycles. The molecule has 0 radical (unpaired) electrons. The molecule has 22 heavy (non-hydrogen) atoms. The first kappa shape index (κ1) is 14.8. The maximum absolute atomic E-state index is 11.1. The van der Waals surface area contributed by atoms with E-state index in [0.717, 1.165) is 19.4 Å². The normalized spacial score (nSPS) is 21.3. The maximum atomic E-state index is 11.1. The first-order valence-corrected chi connectivity index (χ1v) is 7.84. The van der Waals surface area contributed by atoms with Crippen LogP contribution in [-0.2, 0) is 6.42 Å². The predicted molar refractivity (Wildman–Crippen MR) is 88.6 cm³/mol. The minimum absolute atomic E-state index is 0.366. The molecule has 0 aromatic heterocycles. The van der Waals surface area contributed by atoms with Gasteiger partial charge in [0.25, 0.3) is 0 Å². The molecule has 1 aliphatic rings. The highest BCUT2D eigenvalue weighted by Gasteiger charge is 2.38.